The second kappa shape index (κ2) is 5.10. The number of carbonyl (C=O) groups is 1. The molecule has 5 rings (SSSR count). The van der Waals surface area contributed by atoms with Crippen LogP contribution in [0.2, 0.25) is 0 Å². The predicted molar refractivity (Wildman–Crippen MR) is 93.3 cm³/mol. The van der Waals surface area contributed by atoms with Crippen molar-refractivity contribution in [2.24, 2.45) is 17.8 Å². The maximum Gasteiger partial charge on any atom is 0.335 e. The Balaban J connectivity index is 1.64. The van der Waals surface area contributed by atoms with Gasteiger partial charge in [0.2, 0.25) is 0 Å². The fourth-order valence-corrected chi connectivity index (χ4v) is 5.61. The molecule has 0 aromatic heterocycles. The molecule has 2 bridgehead atoms. The van der Waals surface area contributed by atoms with E-state index in [9.17, 15) is 9.90 Å². The topological polar surface area (TPSA) is 49.3 Å². The third-order valence-electron chi connectivity index (χ3n) is 6.49. The van der Waals surface area contributed by atoms with Gasteiger partial charge in [-0.05, 0) is 72.3 Å². The quantitative estimate of drug-likeness (QED) is 0.845. The predicted octanol–water partition coefficient (Wildman–Crippen LogP) is 4.68. The zero-order chi connectivity index (χ0) is 16.3. The van der Waals surface area contributed by atoms with E-state index >= 15 is 0 Å². The van der Waals surface area contributed by atoms with Gasteiger partial charge in [0.05, 0.1) is 11.6 Å². The normalized spacial score (nSPS) is 32.8. The average molecular weight is 319 g/mol. The van der Waals surface area contributed by atoms with Crippen molar-refractivity contribution in [1.82, 2.24) is 0 Å². The first-order valence-electron chi connectivity index (χ1n) is 8.91. The summed E-state index contributed by atoms with van der Waals surface area (Å²) in [5, 5.41) is 13.1. The Morgan fingerprint density at radius 3 is 2.62 bits per heavy atom. The number of hydrogen-bond donors (Lipinski definition) is 2. The highest BCUT2D eigenvalue weighted by atomic mass is 16.4. The first-order chi connectivity index (χ1) is 11.7. The number of benzene rings is 2. The molecule has 0 spiro atoms. The Bertz CT molecular complexity index is 801. The lowest BCUT2D eigenvalue weighted by atomic mass is 9.68. The summed E-state index contributed by atoms with van der Waals surface area (Å²) < 4.78 is 0. The van der Waals surface area contributed by atoms with Crippen molar-refractivity contribution in [3.05, 3.63) is 65.2 Å². The minimum atomic E-state index is -0.831. The van der Waals surface area contributed by atoms with Crippen molar-refractivity contribution in [1.29, 1.82) is 0 Å². The Morgan fingerprint density at radius 2 is 1.83 bits per heavy atom. The maximum absolute atomic E-state index is 11.4. The van der Waals surface area contributed by atoms with Gasteiger partial charge >= 0.3 is 5.97 Å². The number of hydrogen-bond acceptors (Lipinski definition) is 2. The molecule has 2 N–H and O–H groups in total. The molecule has 24 heavy (non-hydrogen) atoms. The molecular weight excluding hydrogens is 298 g/mol. The molecule has 122 valence electrons. The van der Waals surface area contributed by atoms with Crippen LogP contribution in [-0.4, -0.2) is 11.1 Å². The Labute approximate surface area is 141 Å². The van der Waals surface area contributed by atoms with E-state index in [0.29, 0.717) is 23.4 Å². The van der Waals surface area contributed by atoms with Gasteiger partial charge in [-0.3, -0.25) is 0 Å². The monoisotopic (exact) mass is 319 g/mol. The number of rotatable bonds is 2. The van der Waals surface area contributed by atoms with Crippen molar-refractivity contribution in [3.63, 3.8) is 0 Å². The lowest BCUT2D eigenvalue weighted by Gasteiger charge is -2.43. The van der Waals surface area contributed by atoms with Crippen LogP contribution in [0.25, 0.3) is 0 Å². The second-order valence-electron chi connectivity index (χ2n) is 7.58. The summed E-state index contributed by atoms with van der Waals surface area (Å²) in [6.45, 7) is 0. The van der Waals surface area contributed by atoms with Gasteiger partial charge in [-0.15, -0.1) is 0 Å². The molecule has 2 fully saturated rings. The first-order valence-corrected chi connectivity index (χ1v) is 8.91. The Kier molecular flexibility index (Phi) is 2.99. The van der Waals surface area contributed by atoms with Crippen LogP contribution in [0.15, 0.2) is 48.5 Å². The van der Waals surface area contributed by atoms with Crippen molar-refractivity contribution in [3.8, 4) is 0 Å². The zero-order valence-corrected chi connectivity index (χ0v) is 13.5. The van der Waals surface area contributed by atoms with Gasteiger partial charge in [0.15, 0.2) is 0 Å². The molecule has 3 aliphatic rings. The number of aromatic carboxylic acids is 1. The molecule has 2 aromatic rings. The van der Waals surface area contributed by atoms with Gasteiger partial charge in [-0.2, -0.15) is 0 Å². The van der Waals surface area contributed by atoms with Gasteiger partial charge in [-0.25, -0.2) is 4.79 Å². The second-order valence-corrected chi connectivity index (χ2v) is 7.58. The van der Waals surface area contributed by atoms with Crippen LogP contribution in [0.5, 0.6) is 0 Å². The Hall–Kier alpha value is -2.29. The number of anilines is 1. The largest absolute Gasteiger partial charge is 0.478 e. The summed E-state index contributed by atoms with van der Waals surface area (Å²) in [6, 6.07) is 16.7. The van der Waals surface area contributed by atoms with Crippen LogP contribution in [0.1, 0.15) is 52.7 Å². The minimum Gasteiger partial charge on any atom is -0.478 e. The van der Waals surface area contributed by atoms with E-state index in [1.807, 2.05) is 12.1 Å². The number of carboxylic acid groups (broad SMARTS) is 1. The number of fused-ring (bicyclic) bond motifs is 7. The van der Waals surface area contributed by atoms with E-state index in [2.05, 4.69) is 35.6 Å². The molecular formula is C21H21NO2. The van der Waals surface area contributed by atoms with Gasteiger partial charge < -0.3 is 10.4 Å². The van der Waals surface area contributed by atoms with Gasteiger partial charge in [0, 0.05) is 5.69 Å². The fourth-order valence-electron chi connectivity index (χ4n) is 5.61. The molecule has 1 heterocycles. The third kappa shape index (κ3) is 1.94. The van der Waals surface area contributed by atoms with Crippen LogP contribution in [0.4, 0.5) is 5.69 Å². The maximum atomic E-state index is 11.4. The molecule has 2 aromatic carbocycles. The van der Waals surface area contributed by atoms with Crippen LogP contribution < -0.4 is 5.32 Å². The summed E-state index contributed by atoms with van der Waals surface area (Å²) in [7, 11) is 0. The summed E-state index contributed by atoms with van der Waals surface area (Å²) in [5.74, 6) is 1.74. The molecule has 0 amide bonds. The molecule has 0 unspecified atom stereocenters. The lowest BCUT2D eigenvalue weighted by Crippen LogP contribution is -2.35. The molecule has 1 aliphatic heterocycles. The van der Waals surface area contributed by atoms with Crippen molar-refractivity contribution >= 4 is 11.7 Å². The Morgan fingerprint density at radius 1 is 1.04 bits per heavy atom. The average Bonchev–Trinajstić information content (AvgIpc) is 3.23. The molecule has 2 aliphatic carbocycles. The molecule has 0 saturated heterocycles. The molecule has 3 heteroatoms. The fraction of sp³-hybridized carbons (Fsp3) is 0.381. The van der Waals surface area contributed by atoms with Crippen LogP contribution in [0.3, 0.4) is 0 Å². The molecule has 0 radical (unpaired) electrons. The van der Waals surface area contributed by atoms with E-state index in [-0.39, 0.29) is 0 Å². The first kappa shape index (κ1) is 14.1. The van der Waals surface area contributed by atoms with Gasteiger partial charge in [0.25, 0.3) is 0 Å². The van der Waals surface area contributed by atoms with Crippen molar-refractivity contribution in [2.75, 3.05) is 5.32 Å². The van der Waals surface area contributed by atoms with Crippen molar-refractivity contribution < 1.29 is 9.90 Å². The lowest BCUT2D eigenvalue weighted by molar-refractivity contribution is 0.0696. The smallest absolute Gasteiger partial charge is 0.335 e. The summed E-state index contributed by atoms with van der Waals surface area (Å²) in [6.07, 6.45) is 3.92. The SMILES string of the molecule is O=C(O)c1ccc2c(c1)[C@H]1[C@H]3CC[C@H](C3)[C@@H]1[C@@H](c1ccccc1)N2. The molecule has 5 atom stereocenters. The minimum absolute atomic E-state index is 0.342. The highest BCUT2D eigenvalue weighted by Gasteiger charge is 2.53. The summed E-state index contributed by atoms with van der Waals surface area (Å²) >= 11 is 0. The van der Waals surface area contributed by atoms with Gasteiger partial charge in [-0.1, -0.05) is 30.3 Å². The zero-order valence-electron chi connectivity index (χ0n) is 13.5. The van der Waals surface area contributed by atoms with Gasteiger partial charge in [0.1, 0.15) is 0 Å². The summed E-state index contributed by atoms with van der Waals surface area (Å²) in [5.41, 5.74) is 4.13. The van der Waals surface area contributed by atoms with E-state index in [4.69, 9.17) is 0 Å². The van der Waals surface area contributed by atoms with E-state index in [1.165, 1.54) is 30.4 Å². The van der Waals surface area contributed by atoms with E-state index < -0.39 is 5.97 Å². The number of nitrogens with one attached hydrogen (secondary N) is 1. The highest BCUT2D eigenvalue weighted by molar-refractivity contribution is 5.88. The third-order valence-corrected chi connectivity index (χ3v) is 6.49. The van der Waals surface area contributed by atoms with E-state index in [1.54, 1.807) is 6.07 Å². The van der Waals surface area contributed by atoms with Crippen LogP contribution in [0, 0.1) is 17.8 Å². The number of carboxylic acids is 1. The molecule has 3 nitrogen and oxygen atoms in total. The highest BCUT2D eigenvalue weighted by Crippen LogP contribution is 2.63. The van der Waals surface area contributed by atoms with Crippen molar-refractivity contribution in [2.45, 2.75) is 31.2 Å². The summed E-state index contributed by atoms with van der Waals surface area (Å²) in [4.78, 5) is 11.4. The standard InChI is InChI=1S/C21H21NO2/c23-21(24)15-8-9-17-16(11-15)18-13-6-7-14(10-13)19(18)20(22-17)12-4-2-1-3-5-12/h1-5,8-9,11,13-14,18-20,22H,6-7,10H2,(H,23,24)/t13-,14+,18+,19-,20+/m0/s1. The molecule has 2 saturated carbocycles. The van der Waals surface area contributed by atoms with E-state index in [0.717, 1.165) is 17.5 Å². The van der Waals surface area contributed by atoms with Crippen LogP contribution >= 0.6 is 0 Å². The van der Waals surface area contributed by atoms with Crippen LogP contribution in [-0.2, 0) is 0 Å².